The first-order chi connectivity index (χ1) is 10.7. The van der Waals surface area contributed by atoms with Crippen molar-refractivity contribution in [3.05, 3.63) is 18.2 Å². The van der Waals surface area contributed by atoms with Gasteiger partial charge in [-0.15, -0.1) is 0 Å². The second kappa shape index (κ2) is 4.81. The van der Waals surface area contributed by atoms with Crippen LogP contribution in [0.15, 0.2) is 27.5 Å². The van der Waals surface area contributed by atoms with Crippen LogP contribution in [0.4, 0.5) is 0 Å². The maximum Gasteiger partial charge on any atom is 0.379 e. The summed E-state index contributed by atoms with van der Waals surface area (Å²) in [5.41, 5.74) is -0.0787. The maximum absolute atomic E-state index is 11.6. The molecular formula is C13H8O9S. The number of hydrogen-bond acceptors (Lipinski definition) is 9. The number of fused-ring (bicyclic) bond motifs is 1. The zero-order valence-electron chi connectivity index (χ0n) is 11.6. The van der Waals surface area contributed by atoms with Crippen molar-refractivity contribution in [2.45, 2.75) is 11.8 Å². The molecule has 2 aromatic heterocycles. The van der Waals surface area contributed by atoms with Crippen LogP contribution in [0.3, 0.4) is 0 Å². The molecule has 0 saturated carbocycles. The first kappa shape index (κ1) is 15.0. The van der Waals surface area contributed by atoms with E-state index in [1.807, 2.05) is 0 Å². The lowest BCUT2D eigenvalue weighted by Crippen LogP contribution is -2.24. The quantitative estimate of drug-likeness (QED) is 0.252. The average Bonchev–Trinajstić information content (AvgIpc) is 3.08. The van der Waals surface area contributed by atoms with Crippen molar-refractivity contribution in [1.29, 1.82) is 0 Å². The number of furan rings is 2. The van der Waals surface area contributed by atoms with Gasteiger partial charge in [-0.1, -0.05) is 6.58 Å². The number of carbonyl (C=O) groups is 3. The molecule has 2 bridgehead atoms. The van der Waals surface area contributed by atoms with Crippen molar-refractivity contribution in [2.24, 2.45) is 0 Å². The highest BCUT2D eigenvalue weighted by Crippen LogP contribution is 2.51. The summed E-state index contributed by atoms with van der Waals surface area (Å²) in [5, 5.41) is 0. The van der Waals surface area contributed by atoms with E-state index in [2.05, 4.69) is 15.5 Å². The molecule has 0 spiro atoms. The van der Waals surface area contributed by atoms with E-state index in [0.29, 0.717) is 0 Å². The molecule has 120 valence electrons. The van der Waals surface area contributed by atoms with Crippen molar-refractivity contribution in [1.82, 2.24) is 0 Å². The van der Waals surface area contributed by atoms with Crippen LogP contribution in [0.25, 0.3) is 11.2 Å². The smallest absolute Gasteiger partial charge is 0.379 e. The Balaban J connectivity index is 1.68. The van der Waals surface area contributed by atoms with E-state index in [1.165, 1.54) is 6.92 Å². The number of ketones is 1. The normalized spacial score (nSPS) is 14.5. The largest absolute Gasteiger partial charge is 0.448 e. The van der Waals surface area contributed by atoms with Crippen LogP contribution in [0, 0.1) is 0 Å². The van der Waals surface area contributed by atoms with Gasteiger partial charge in [-0.2, -0.15) is 8.42 Å². The fourth-order valence-electron chi connectivity index (χ4n) is 1.88. The zero-order chi connectivity index (χ0) is 16.9. The molecule has 0 saturated heterocycles. The second-order valence-corrected chi connectivity index (χ2v) is 6.17. The SMILES string of the molecule is C=C(C)C(=O)C(=O)OCC(=O)Oc1c2c3oc1cc3S(=O)(=O)O2. The van der Waals surface area contributed by atoms with E-state index in [9.17, 15) is 22.8 Å². The lowest BCUT2D eigenvalue weighted by molar-refractivity contribution is -0.157. The van der Waals surface area contributed by atoms with Crippen molar-refractivity contribution in [3.8, 4) is 11.5 Å². The fourth-order valence-corrected chi connectivity index (χ4v) is 2.95. The Bertz CT molecular complexity index is 963. The van der Waals surface area contributed by atoms with E-state index in [-0.39, 0.29) is 33.1 Å². The van der Waals surface area contributed by atoms with Gasteiger partial charge in [0.05, 0.1) is 0 Å². The predicted molar refractivity (Wildman–Crippen MR) is 71.6 cm³/mol. The van der Waals surface area contributed by atoms with Gasteiger partial charge >= 0.3 is 22.1 Å². The van der Waals surface area contributed by atoms with Gasteiger partial charge in [-0.3, -0.25) is 4.79 Å². The van der Waals surface area contributed by atoms with Crippen LogP contribution in [-0.2, 0) is 29.2 Å². The third kappa shape index (κ3) is 2.32. The van der Waals surface area contributed by atoms with Crippen molar-refractivity contribution < 1.29 is 40.9 Å². The number of Topliss-reactive ketones (excluding diaryl/α,β-unsaturated/α-hetero) is 1. The molecule has 0 fully saturated rings. The Labute approximate surface area is 128 Å². The van der Waals surface area contributed by atoms with Crippen molar-refractivity contribution >= 4 is 39.0 Å². The number of ether oxygens (including phenoxy) is 2. The van der Waals surface area contributed by atoms with E-state index in [0.717, 1.165) is 6.07 Å². The summed E-state index contributed by atoms with van der Waals surface area (Å²) in [7, 11) is -3.96. The van der Waals surface area contributed by atoms with Crippen LogP contribution in [0.1, 0.15) is 6.92 Å². The summed E-state index contributed by atoms with van der Waals surface area (Å²) in [4.78, 5) is 34.0. The van der Waals surface area contributed by atoms with Crippen molar-refractivity contribution in [2.75, 3.05) is 6.61 Å². The Hall–Kier alpha value is -2.88. The zero-order valence-corrected chi connectivity index (χ0v) is 12.4. The van der Waals surface area contributed by atoms with E-state index in [4.69, 9.17) is 9.15 Å². The van der Waals surface area contributed by atoms with Gasteiger partial charge in [-0.25, -0.2) is 9.59 Å². The average molecular weight is 340 g/mol. The minimum atomic E-state index is -3.96. The van der Waals surface area contributed by atoms with Crippen LogP contribution >= 0.6 is 0 Å². The molecule has 3 rings (SSSR count). The summed E-state index contributed by atoms with van der Waals surface area (Å²) in [6, 6.07) is 1.15. The minimum absolute atomic E-state index is 0.00349. The fraction of sp³-hybridized carbons (Fsp3) is 0.154. The molecule has 1 aliphatic heterocycles. The van der Waals surface area contributed by atoms with Crippen LogP contribution < -0.4 is 8.92 Å². The summed E-state index contributed by atoms with van der Waals surface area (Å²) in [6.07, 6.45) is 0. The van der Waals surface area contributed by atoms with Gasteiger partial charge in [0.2, 0.25) is 11.5 Å². The molecule has 0 atom stereocenters. The molecule has 9 nitrogen and oxygen atoms in total. The van der Waals surface area contributed by atoms with Crippen LogP contribution in [0.5, 0.6) is 11.5 Å². The standard InChI is InChI=1S/C13H8O9S/c1-5(2)9(15)13(16)19-4-8(14)21-10-6-3-7-11(20-6)12(10)22-23(7,17)18/h3H,1,4H2,2H3. The molecule has 1 aliphatic rings. The molecule has 23 heavy (non-hydrogen) atoms. The first-order valence-corrected chi connectivity index (χ1v) is 7.52. The summed E-state index contributed by atoms with van der Waals surface area (Å²) >= 11 is 0. The second-order valence-electron chi connectivity index (χ2n) is 4.66. The molecule has 2 aromatic rings. The molecule has 0 amide bonds. The van der Waals surface area contributed by atoms with Gasteiger partial charge in [0.25, 0.3) is 5.78 Å². The van der Waals surface area contributed by atoms with Gasteiger partial charge in [0.15, 0.2) is 22.7 Å². The molecule has 0 N–H and O–H groups in total. The molecule has 0 radical (unpaired) electrons. The number of hydrogen-bond donors (Lipinski definition) is 0. The Kier molecular flexibility index (Phi) is 3.14. The predicted octanol–water partition coefficient (Wildman–Crippen LogP) is 0.545. The number of carbonyl (C=O) groups excluding carboxylic acids is 3. The van der Waals surface area contributed by atoms with Gasteiger partial charge in [0, 0.05) is 6.07 Å². The topological polar surface area (TPSA) is 126 Å². The van der Waals surface area contributed by atoms with E-state index < -0.39 is 34.4 Å². The molecule has 0 aliphatic carbocycles. The number of rotatable bonds is 5. The first-order valence-electron chi connectivity index (χ1n) is 6.11. The summed E-state index contributed by atoms with van der Waals surface area (Å²) < 4.78 is 42.3. The molecule has 10 heteroatoms. The van der Waals surface area contributed by atoms with Gasteiger partial charge < -0.3 is 18.1 Å². The lowest BCUT2D eigenvalue weighted by Gasteiger charge is -2.04. The Morgan fingerprint density at radius 1 is 1.30 bits per heavy atom. The monoisotopic (exact) mass is 340 g/mol. The molecular weight excluding hydrogens is 332 g/mol. The van der Waals surface area contributed by atoms with Gasteiger partial charge in [-0.05, 0) is 12.5 Å². The highest BCUT2D eigenvalue weighted by Gasteiger charge is 2.41. The number of benzene rings is 1. The maximum atomic E-state index is 11.6. The highest BCUT2D eigenvalue weighted by atomic mass is 32.2. The summed E-state index contributed by atoms with van der Waals surface area (Å²) in [6.45, 7) is 3.74. The third-order valence-electron chi connectivity index (χ3n) is 2.91. The van der Waals surface area contributed by atoms with Crippen LogP contribution in [-0.4, -0.2) is 32.7 Å². The Morgan fingerprint density at radius 3 is 2.65 bits per heavy atom. The molecule has 0 unspecified atom stereocenters. The third-order valence-corrected chi connectivity index (χ3v) is 4.13. The minimum Gasteiger partial charge on any atom is -0.448 e. The number of esters is 2. The lowest BCUT2D eigenvalue weighted by atomic mass is 10.2. The summed E-state index contributed by atoms with van der Waals surface area (Å²) in [5.74, 6) is -3.71. The van der Waals surface area contributed by atoms with E-state index in [1.54, 1.807) is 0 Å². The Morgan fingerprint density at radius 2 is 2.00 bits per heavy atom. The molecule has 0 aromatic carbocycles. The van der Waals surface area contributed by atoms with Crippen LogP contribution in [0.2, 0.25) is 0 Å². The van der Waals surface area contributed by atoms with E-state index >= 15 is 0 Å². The van der Waals surface area contributed by atoms with Crippen molar-refractivity contribution in [3.63, 3.8) is 0 Å². The highest BCUT2D eigenvalue weighted by molar-refractivity contribution is 7.87. The van der Waals surface area contributed by atoms with Gasteiger partial charge in [0.1, 0.15) is 0 Å². The molecule has 3 heterocycles.